The number of carboxylic acids is 1. The summed E-state index contributed by atoms with van der Waals surface area (Å²) in [6, 6.07) is 7.21. The Morgan fingerprint density at radius 3 is 2.82 bits per heavy atom. The monoisotopic (exact) mass is 301 g/mol. The van der Waals surface area contributed by atoms with Gasteiger partial charge >= 0.3 is 5.97 Å². The highest BCUT2D eigenvalue weighted by Crippen LogP contribution is 2.27. The lowest BCUT2D eigenvalue weighted by Gasteiger charge is -2.32. The van der Waals surface area contributed by atoms with Gasteiger partial charge in [0.25, 0.3) is 0 Å². The maximum absolute atomic E-state index is 10.9. The third kappa shape index (κ3) is 3.33. The van der Waals surface area contributed by atoms with Gasteiger partial charge in [0.2, 0.25) is 5.89 Å². The first-order valence-corrected chi connectivity index (χ1v) is 7.46. The van der Waals surface area contributed by atoms with E-state index >= 15 is 0 Å². The van der Waals surface area contributed by atoms with Gasteiger partial charge in [0.05, 0.1) is 12.1 Å². The molecular weight excluding hydrogens is 282 g/mol. The van der Waals surface area contributed by atoms with Crippen molar-refractivity contribution in [2.75, 3.05) is 13.1 Å². The van der Waals surface area contributed by atoms with Crippen LogP contribution in [0.5, 0.6) is 0 Å². The van der Waals surface area contributed by atoms with Crippen LogP contribution in [0.4, 0.5) is 0 Å². The van der Waals surface area contributed by atoms with Crippen LogP contribution in [0.2, 0.25) is 0 Å². The van der Waals surface area contributed by atoms with Crippen molar-refractivity contribution in [3.8, 4) is 0 Å². The number of piperidine rings is 1. The lowest BCUT2D eigenvalue weighted by Crippen LogP contribution is -2.34. The van der Waals surface area contributed by atoms with Crippen molar-refractivity contribution in [3.05, 3.63) is 47.1 Å². The number of aromatic carboxylic acids is 1. The summed E-state index contributed by atoms with van der Waals surface area (Å²) in [6.07, 6.45) is 2.23. The summed E-state index contributed by atoms with van der Waals surface area (Å²) in [5, 5.41) is 12.9. The minimum absolute atomic E-state index is 0.332. The minimum Gasteiger partial charge on any atom is -0.478 e. The summed E-state index contributed by atoms with van der Waals surface area (Å²) in [5.74, 6) is 0.848. The summed E-state index contributed by atoms with van der Waals surface area (Å²) in [7, 11) is 0. The summed E-state index contributed by atoms with van der Waals surface area (Å²) in [6.45, 7) is 4.44. The summed E-state index contributed by atoms with van der Waals surface area (Å²) >= 11 is 0. The molecule has 1 fully saturated rings. The largest absolute Gasteiger partial charge is 0.478 e. The number of likely N-dealkylation sites (tertiary alicyclic amines) is 1. The Hall–Kier alpha value is -2.21. The number of rotatable bonds is 4. The van der Waals surface area contributed by atoms with Gasteiger partial charge in [0, 0.05) is 13.5 Å². The van der Waals surface area contributed by atoms with Crippen LogP contribution in [0.3, 0.4) is 0 Å². The van der Waals surface area contributed by atoms with E-state index in [0.29, 0.717) is 23.9 Å². The first kappa shape index (κ1) is 14.7. The number of carboxylic acid groups (broad SMARTS) is 1. The number of hydrogen-bond acceptors (Lipinski definition) is 5. The standard InChI is InChI=1S/C16H19N3O3/c1-11-17-15(18-22-11)10-19-8-2-3-14(9-19)12-4-6-13(7-5-12)16(20)21/h4-7,14H,2-3,8-10H2,1H3,(H,20,21)/t14-/m1/s1. The van der Waals surface area contributed by atoms with Gasteiger partial charge in [0.1, 0.15) is 0 Å². The first-order valence-electron chi connectivity index (χ1n) is 7.46. The molecule has 1 saturated heterocycles. The Kier molecular flexibility index (Phi) is 4.20. The highest BCUT2D eigenvalue weighted by molar-refractivity contribution is 5.87. The van der Waals surface area contributed by atoms with Crippen molar-refractivity contribution < 1.29 is 14.4 Å². The fourth-order valence-corrected chi connectivity index (χ4v) is 2.97. The maximum Gasteiger partial charge on any atom is 0.335 e. The van der Waals surface area contributed by atoms with Crippen molar-refractivity contribution in [1.82, 2.24) is 15.0 Å². The zero-order valence-electron chi connectivity index (χ0n) is 12.5. The molecule has 1 aliphatic rings. The Balaban J connectivity index is 1.66. The van der Waals surface area contributed by atoms with Gasteiger partial charge in [0.15, 0.2) is 5.82 Å². The predicted octanol–water partition coefficient (Wildman–Crippen LogP) is 2.46. The average Bonchev–Trinajstić information content (AvgIpc) is 2.93. The summed E-state index contributed by atoms with van der Waals surface area (Å²) < 4.78 is 5.01. The molecule has 1 atom stereocenters. The highest BCUT2D eigenvalue weighted by atomic mass is 16.5. The van der Waals surface area contributed by atoms with Crippen LogP contribution in [-0.4, -0.2) is 39.2 Å². The third-order valence-electron chi connectivity index (χ3n) is 4.07. The third-order valence-corrected chi connectivity index (χ3v) is 4.07. The Morgan fingerprint density at radius 2 is 2.18 bits per heavy atom. The zero-order chi connectivity index (χ0) is 15.5. The van der Waals surface area contributed by atoms with Crippen molar-refractivity contribution in [1.29, 1.82) is 0 Å². The van der Waals surface area contributed by atoms with Crippen molar-refractivity contribution in [3.63, 3.8) is 0 Å². The fourth-order valence-electron chi connectivity index (χ4n) is 2.97. The number of benzene rings is 1. The van der Waals surface area contributed by atoms with E-state index in [1.807, 2.05) is 12.1 Å². The normalized spacial score (nSPS) is 19.2. The number of carbonyl (C=O) groups is 1. The molecule has 1 aromatic carbocycles. The van der Waals surface area contributed by atoms with E-state index in [2.05, 4.69) is 15.0 Å². The molecule has 1 aliphatic heterocycles. The molecule has 0 amide bonds. The van der Waals surface area contributed by atoms with Crippen molar-refractivity contribution in [2.24, 2.45) is 0 Å². The van der Waals surface area contributed by atoms with Crippen LogP contribution in [0.1, 0.15) is 46.4 Å². The van der Waals surface area contributed by atoms with Gasteiger partial charge in [-0.1, -0.05) is 17.3 Å². The quantitative estimate of drug-likeness (QED) is 0.934. The van der Waals surface area contributed by atoms with Crippen LogP contribution in [0.25, 0.3) is 0 Å². The first-order chi connectivity index (χ1) is 10.6. The lowest BCUT2D eigenvalue weighted by atomic mass is 9.90. The fraction of sp³-hybridized carbons (Fsp3) is 0.438. The minimum atomic E-state index is -0.885. The molecule has 0 spiro atoms. The van der Waals surface area contributed by atoms with Gasteiger partial charge in [-0.3, -0.25) is 4.90 Å². The Bertz CT molecular complexity index is 651. The van der Waals surface area contributed by atoms with Crippen molar-refractivity contribution in [2.45, 2.75) is 32.2 Å². The van der Waals surface area contributed by atoms with E-state index in [0.717, 1.165) is 31.8 Å². The number of hydrogen-bond donors (Lipinski definition) is 1. The van der Waals surface area contributed by atoms with Crippen LogP contribution in [-0.2, 0) is 6.54 Å². The Morgan fingerprint density at radius 1 is 1.41 bits per heavy atom. The summed E-state index contributed by atoms with van der Waals surface area (Å²) in [4.78, 5) is 17.5. The predicted molar refractivity (Wildman–Crippen MR) is 79.7 cm³/mol. The number of aromatic nitrogens is 2. The maximum atomic E-state index is 10.9. The van der Waals surface area contributed by atoms with Crippen LogP contribution < -0.4 is 0 Å². The Labute approximate surface area is 128 Å². The molecular formula is C16H19N3O3. The van der Waals surface area contributed by atoms with Gasteiger partial charge in [-0.15, -0.1) is 0 Å². The van der Waals surface area contributed by atoms with E-state index < -0.39 is 5.97 Å². The topological polar surface area (TPSA) is 79.5 Å². The zero-order valence-corrected chi connectivity index (χ0v) is 12.5. The molecule has 22 heavy (non-hydrogen) atoms. The summed E-state index contributed by atoms with van der Waals surface area (Å²) in [5.41, 5.74) is 1.53. The molecule has 2 aromatic rings. The second-order valence-electron chi connectivity index (χ2n) is 5.73. The molecule has 6 heteroatoms. The molecule has 0 bridgehead atoms. The van der Waals surface area contributed by atoms with Gasteiger partial charge in [-0.25, -0.2) is 4.79 Å². The van der Waals surface area contributed by atoms with Crippen LogP contribution in [0.15, 0.2) is 28.8 Å². The molecule has 1 N–H and O–H groups in total. The van der Waals surface area contributed by atoms with Crippen LogP contribution in [0, 0.1) is 6.92 Å². The van der Waals surface area contributed by atoms with E-state index in [4.69, 9.17) is 9.63 Å². The molecule has 2 heterocycles. The molecule has 0 unspecified atom stereocenters. The molecule has 0 radical (unpaired) electrons. The molecule has 3 rings (SSSR count). The second-order valence-corrected chi connectivity index (χ2v) is 5.73. The number of nitrogens with zero attached hydrogens (tertiary/aromatic N) is 3. The smallest absolute Gasteiger partial charge is 0.335 e. The van der Waals surface area contributed by atoms with E-state index in [-0.39, 0.29) is 0 Å². The van der Waals surface area contributed by atoms with Crippen LogP contribution >= 0.6 is 0 Å². The average molecular weight is 301 g/mol. The SMILES string of the molecule is Cc1nc(CN2CCC[C@@H](c3ccc(C(=O)O)cc3)C2)no1. The van der Waals surface area contributed by atoms with Crippen molar-refractivity contribution >= 4 is 5.97 Å². The number of aryl methyl sites for hydroxylation is 1. The molecule has 116 valence electrons. The van der Waals surface area contributed by atoms with Gasteiger partial charge in [-0.2, -0.15) is 4.98 Å². The van der Waals surface area contributed by atoms with E-state index in [1.165, 1.54) is 5.56 Å². The molecule has 6 nitrogen and oxygen atoms in total. The van der Waals surface area contributed by atoms with E-state index in [9.17, 15) is 4.79 Å². The highest BCUT2D eigenvalue weighted by Gasteiger charge is 2.22. The van der Waals surface area contributed by atoms with E-state index in [1.54, 1.807) is 19.1 Å². The second kappa shape index (κ2) is 6.27. The molecule has 1 aromatic heterocycles. The molecule has 0 saturated carbocycles. The molecule has 0 aliphatic carbocycles. The lowest BCUT2D eigenvalue weighted by molar-refractivity contribution is 0.0697. The van der Waals surface area contributed by atoms with Gasteiger partial charge < -0.3 is 9.63 Å². The van der Waals surface area contributed by atoms with Gasteiger partial charge in [-0.05, 0) is 43.0 Å².